The number of rotatable bonds is 3. The highest BCUT2D eigenvalue weighted by Gasteiger charge is 2.07. The molecule has 0 spiro atoms. The molecule has 0 atom stereocenters. The summed E-state index contributed by atoms with van der Waals surface area (Å²) in [6, 6.07) is 5.70. The van der Waals surface area contributed by atoms with E-state index in [9.17, 15) is 0 Å². The Morgan fingerprint density at radius 1 is 1.11 bits per heavy atom. The summed E-state index contributed by atoms with van der Waals surface area (Å²) in [5.74, 6) is 0.942. The van der Waals surface area contributed by atoms with Gasteiger partial charge in [0.05, 0.1) is 12.8 Å². The number of ether oxygens (including phenoxy) is 1. The molecular weight excluding hydrogens is 275 g/mol. The lowest BCUT2D eigenvalue weighted by Gasteiger charge is -2.10. The van der Waals surface area contributed by atoms with E-state index in [1.54, 1.807) is 7.11 Å². The van der Waals surface area contributed by atoms with E-state index in [1.165, 1.54) is 0 Å². The molecule has 1 heterocycles. The molecule has 0 fully saturated rings. The molecule has 2 rings (SSSR count). The van der Waals surface area contributed by atoms with Crippen molar-refractivity contribution in [3.05, 3.63) is 34.3 Å². The molecule has 0 amide bonds. The van der Waals surface area contributed by atoms with Gasteiger partial charge in [0.2, 0.25) is 16.5 Å². The molecule has 1 N–H and O–H groups in total. The lowest BCUT2D eigenvalue weighted by molar-refractivity contribution is 0.416. The summed E-state index contributed by atoms with van der Waals surface area (Å²) in [4.78, 5) is 11.5. The Hall–Kier alpha value is -1.59. The van der Waals surface area contributed by atoms with Gasteiger partial charge in [0.1, 0.15) is 5.75 Å². The van der Waals surface area contributed by atoms with E-state index in [-0.39, 0.29) is 16.5 Å². The fraction of sp³-hybridized carbons (Fsp3) is 0.182. The maximum atomic E-state index is 5.70. The number of hydrogen-bond acceptors (Lipinski definition) is 5. The summed E-state index contributed by atoms with van der Waals surface area (Å²) in [7, 11) is 1.59. The third-order valence-corrected chi connectivity index (χ3v) is 2.52. The van der Waals surface area contributed by atoms with Gasteiger partial charge < -0.3 is 10.1 Å². The molecule has 0 unspecified atom stereocenters. The highest BCUT2D eigenvalue weighted by molar-refractivity contribution is 6.31. The molecule has 1 aromatic heterocycles. The van der Waals surface area contributed by atoms with Gasteiger partial charge in [-0.15, -0.1) is 0 Å². The summed E-state index contributed by atoms with van der Waals surface area (Å²) in [6.07, 6.45) is 0. The molecule has 0 aliphatic rings. The molecule has 0 bridgehead atoms. The van der Waals surface area contributed by atoms with Gasteiger partial charge in [-0.2, -0.15) is 15.0 Å². The molecule has 0 saturated carbocycles. The van der Waals surface area contributed by atoms with Crippen molar-refractivity contribution in [3.8, 4) is 5.75 Å². The first-order chi connectivity index (χ1) is 8.58. The van der Waals surface area contributed by atoms with Crippen LogP contribution in [-0.4, -0.2) is 22.1 Å². The van der Waals surface area contributed by atoms with Crippen LogP contribution in [0.25, 0.3) is 0 Å². The topological polar surface area (TPSA) is 59.9 Å². The van der Waals surface area contributed by atoms with E-state index in [0.29, 0.717) is 5.75 Å². The molecule has 0 aliphatic carbocycles. The summed E-state index contributed by atoms with van der Waals surface area (Å²) in [5.41, 5.74) is 1.81. The van der Waals surface area contributed by atoms with Gasteiger partial charge in [-0.05, 0) is 47.8 Å². The predicted octanol–water partition coefficient (Wildman–Crippen LogP) is 3.24. The quantitative estimate of drug-likeness (QED) is 0.938. The van der Waals surface area contributed by atoms with Crippen molar-refractivity contribution >= 4 is 34.8 Å². The molecule has 94 valence electrons. The minimum Gasteiger partial charge on any atom is -0.495 e. The molecule has 0 radical (unpaired) electrons. The van der Waals surface area contributed by atoms with Gasteiger partial charge in [0.25, 0.3) is 0 Å². The van der Waals surface area contributed by atoms with E-state index in [4.69, 9.17) is 27.9 Å². The van der Waals surface area contributed by atoms with Crippen LogP contribution in [0.2, 0.25) is 10.6 Å². The molecule has 5 nitrogen and oxygen atoms in total. The first-order valence-electron chi connectivity index (χ1n) is 5.07. The van der Waals surface area contributed by atoms with Crippen LogP contribution in [0.15, 0.2) is 18.2 Å². The second-order valence-electron chi connectivity index (χ2n) is 3.53. The van der Waals surface area contributed by atoms with Crippen molar-refractivity contribution in [2.75, 3.05) is 12.4 Å². The molecule has 1 aromatic carbocycles. The van der Waals surface area contributed by atoms with Crippen LogP contribution in [0.4, 0.5) is 11.6 Å². The molecule has 7 heteroatoms. The summed E-state index contributed by atoms with van der Waals surface area (Å²) >= 11 is 11.4. The van der Waals surface area contributed by atoms with E-state index < -0.39 is 0 Å². The van der Waals surface area contributed by atoms with Crippen LogP contribution in [0.5, 0.6) is 5.75 Å². The average molecular weight is 285 g/mol. The van der Waals surface area contributed by atoms with Crippen molar-refractivity contribution in [1.82, 2.24) is 15.0 Å². The standard InChI is InChI=1S/C11H10Cl2N4O/c1-6-3-4-8(18-2)7(5-6)14-11-16-9(12)15-10(13)17-11/h3-5H,1-2H3,(H,14,15,16,17). The lowest BCUT2D eigenvalue weighted by Crippen LogP contribution is -2.01. The minimum absolute atomic E-state index is 0.0316. The van der Waals surface area contributed by atoms with E-state index in [0.717, 1.165) is 11.3 Å². The Morgan fingerprint density at radius 3 is 2.39 bits per heavy atom. The smallest absolute Gasteiger partial charge is 0.232 e. The minimum atomic E-state index is 0.0316. The van der Waals surface area contributed by atoms with Crippen LogP contribution in [-0.2, 0) is 0 Å². The Morgan fingerprint density at radius 2 is 1.78 bits per heavy atom. The molecule has 0 aliphatic heterocycles. The monoisotopic (exact) mass is 284 g/mol. The number of nitrogens with one attached hydrogen (secondary N) is 1. The number of benzene rings is 1. The van der Waals surface area contributed by atoms with Gasteiger partial charge in [-0.1, -0.05) is 6.07 Å². The lowest BCUT2D eigenvalue weighted by atomic mass is 10.2. The third-order valence-electron chi connectivity index (χ3n) is 2.18. The van der Waals surface area contributed by atoms with E-state index >= 15 is 0 Å². The van der Waals surface area contributed by atoms with Crippen LogP contribution < -0.4 is 10.1 Å². The predicted molar refractivity (Wildman–Crippen MR) is 70.9 cm³/mol. The SMILES string of the molecule is COc1ccc(C)cc1Nc1nc(Cl)nc(Cl)n1. The third kappa shape index (κ3) is 3.00. The fourth-order valence-corrected chi connectivity index (χ4v) is 1.79. The first-order valence-corrected chi connectivity index (χ1v) is 5.83. The largest absolute Gasteiger partial charge is 0.495 e. The van der Waals surface area contributed by atoms with Crippen molar-refractivity contribution in [1.29, 1.82) is 0 Å². The van der Waals surface area contributed by atoms with E-state index in [1.807, 2.05) is 25.1 Å². The highest BCUT2D eigenvalue weighted by atomic mass is 35.5. The zero-order valence-corrected chi connectivity index (χ0v) is 11.2. The van der Waals surface area contributed by atoms with Gasteiger partial charge in [0.15, 0.2) is 0 Å². The Labute approximate surface area is 114 Å². The Balaban J connectivity index is 2.35. The number of aryl methyl sites for hydroxylation is 1. The maximum absolute atomic E-state index is 5.70. The Kier molecular flexibility index (Phi) is 3.84. The first kappa shape index (κ1) is 12.9. The molecule has 2 aromatic rings. The van der Waals surface area contributed by atoms with Crippen LogP contribution >= 0.6 is 23.2 Å². The van der Waals surface area contributed by atoms with Crippen molar-refractivity contribution in [2.45, 2.75) is 6.92 Å². The zero-order chi connectivity index (χ0) is 13.1. The maximum Gasteiger partial charge on any atom is 0.232 e. The number of hydrogen-bond donors (Lipinski definition) is 1. The summed E-state index contributed by atoms with van der Waals surface area (Å²) in [5, 5.41) is 3.05. The molecular formula is C11H10Cl2N4O. The number of aromatic nitrogens is 3. The summed E-state index contributed by atoms with van der Waals surface area (Å²) < 4.78 is 5.23. The Bertz CT molecular complexity index is 557. The second-order valence-corrected chi connectivity index (χ2v) is 4.20. The number of nitrogens with zero attached hydrogens (tertiary/aromatic N) is 3. The van der Waals surface area contributed by atoms with Crippen LogP contribution in [0.3, 0.4) is 0 Å². The number of methoxy groups -OCH3 is 1. The fourth-order valence-electron chi connectivity index (χ4n) is 1.42. The highest BCUT2D eigenvalue weighted by Crippen LogP contribution is 2.27. The van der Waals surface area contributed by atoms with Crippen molar-refractivity contribution < 1.29 is 4.74 Å². The second kappa shape index (κ2) is 5.37. The van der Waals surface area contributed by atoms with Crippen molar-refractivity contribution in [2.24, 2.45) is 0 Å². The number of anilines is 2. The molecule has 0 saturated heterocycles. The van der Waals surface area contributed by atoms with E-state index in [2.05, 4.69) is 20.3 Å². The van der Waals surface area contributed by atoms with Gasteiger partial charge in [-0.25, -0.2) is 0 Å². The van der Waals surface area contributed by atoms with Gasteiger partial charge in [0, 0.05) is 0 Å². The average Bonchev–Trinajstić information content (AvgIpc) is 2.27. The van der Waals surface area contributed by atoms with Crippen LogP contribution in [0.1, 0.15) is 5.56 Å². The van der Waals surface area contributed by atoms with Gasteiger partial charge >= 0.3 is 0 Å². The number of halogens is 2. The van der Waals surface area contributed by atoms with Crippen LogP contribution in [0, 0.1) is 6.92 Å². The van der Waals surface area contributed by atoms with Gasteiger partial charge in [-0.3, -0.25) is 0 Å². The normalized spacial score (nSPS) is 10.2. The zero-order valence-electron chi connectivity index (χ0n) is 9.74. The van der Waals surface area contributed by atoms with Crippen molar-refractivity contribution in [3.63, 3.8) is 0 Å². The molecule has 18 heavy (non-hydrogen) atoms. The summed E-state index contributed by atoms with van der Waals surface area (Å²) in [6.45, 7) is 1.97.